The summed E-state index contributed by atoms with van der Waals surface area (Å²) in [6, 6.07) is 13.4. The molecular weight excluding hydrogens is 326 g/mol. The van der Waals surface area contributed by atoms with Crippen LogP contribution < -0.4 is 4.74 Å². The average molecular weight is 347 g/mol. The van der Waals surface area contributed by atoms with Gasteiger partial charge in [-0.25, -0.2) is 0 Å². The Morgan fingerprint density at radius 1 is 1.15 bits per heavy atom. The van der Waals surface area contributed by atoms with Crippen LogP contribution in [0.15, 0.2) is 61.1 Å². The zero-order valence-corrected chi connectivity index (χ0v) is 14.5. The minimum absolute atomic E-state index is 0.0508. The molecule has 0 saturated carbocycles. The molecular formula is C21H21N3O2. The molecule has 5 heteroatoms. The quantitative estimate of drug-likeness (QED) is 0.724. The number of fused-ring (bicyclic) bond motifs is 1. The first-order chi connectivity index (χ1) is 12.8. The minimum atomic E-state index is 0.0508. The van der Waals surface area contributed by atoms with Crippen molar-refractivity contribution >= 4 is 16.8 Å². The molecule has 4 rings (SSSR count). The summed E-state index contributed by atoms with van der Waals surface area (Å²) in [6.07, 6.45) is 7.18. The van der Waals surface area contributed by atoms with Crippen molar-refractivity contribution < 1.29 is 9.53 Å². The molecule has 1 aromatic carbocycles. The summed E-state index contributed by atoms with van der Waals surface area (Å²) < 4.78 is 5.89. The summed E-state index contributed by atoms with van der Waals surface area (Å²) >= 11 is 0. The van der Waals surface area contributed by atoms with Crippen molar-refractivity contribution in [3.63, 3.8) is 0 Å². The highest BCUT2D eigenvalue weighted by Gasteiger charge is 2.26. The second kappa shape index (κ2) is 7.52. The normalized spacial score (nSPS) is 17.2. The Morgan fingerprint density at radius 3 is 2.92 bits per heavy atom. The van der Waals surface area contributed by atoms with Gasteiger partial charge >= 0.3 is 0 Å². The van der Waals surface area contributed by atoms with Crippen LogP contribution in [0.5, 0.6) is 5.75 Å². The summed E-state index contributed by atoms with van der Waals surface area (Å²) in [4.78, 5) is 23.5. The van der Waals surface area contributed by atoms with Crippen LogP contribution in [0, 0.1) is 5.92 Å². The van der Waals surface area contributed by atoms with Gasteiger partial charge in [0.05, 0.1) is 17.7 Å². The molecule has 3 aromatic rings. The van der Waals surface area contributed by atoms with Crippen LogP contribution >= 0.6 is 0 Å². The van der Waals surface area contributed by atoms with Crippen molar-refractivity contribution in [2.24, 2.45) is 5.92 Å². The van der Waals surface area contributed by atoms with E-state index in [9.17, 15) is 4.79 Å². The zero-order valence-electron chi connectivity index (χ0n) is 14.5. The number of ether oxygens (including phenoxy) is 1. The maximum atomic E-state index is 13.1. The lowest BCUT2D eigenvalue weighted by Gasteiger charge is -2.33. The lowest BCUT2D eigenvalue weighted by atomic mass is 9.98. The predicted molar refractivity (Wildman–Crippen MR) is 100 cm³/mol. The number of hydrogen-bond acceptors (Lipinski definition) is 4. The van der Waals surface area contributed by atoms with E-state index in [0.717, 1.165) is 42.6 Å². The van der Waals surface area contributed by atoms with Gasteiger partial charge in [-0.3, -0.25) is 14.8 Å². The Morgan fingerprint density at radius 2 is 2.04 bits per heavy atom. The van der Waals surface area contributed by atoms with Crippen LogP contribution in [0.2, 0.25) is 0 Å². The average Bonchev–Trinajstić information content (AvgIpc) is 2.72. The Kier molecular flexibility index (Phi) is 4.78. The molecule has 5 nitrogen and oxygen atoms in total. The van der Waals surface area contributed by atoms with Crippen LogP contribution in [0.1, 0.15) is 23.2 Å². The van der Waals surface area contributed by atoms with Gasteiger partial charge in [0.15, 0.2) is 0 Å². The van der Waals surface area contributed by atoms with Crippen LogP contribution in [-0.4, -0.2) is 40.5 Å². The molecule has 2 aromatic heterocycles. The molecule has 1 saturated heterocycles. The van der Waals surface area contributed by atoms with Crippen molar-refractivity contribution in [3.8, 4) is 5.75 Å². The smallest absolute Gasteiger partial charge is 0.254 e. The van der Waals surface area contributed by atoms with Gasteiger partial charge in [-0.15, -0.1) is 0 Å². The topological polar surface area (TPSA) is 55.3 Å². The summed E-state index contributed by atoms with van der Waals surface area (Å²) in [6.45, 7) is 2.13. The first kappa shape index (κ1) is 16.5. The van der Waals surface area contributed by atoms with Crippen LogP contribution in [0.4, 0.5) is 0 Å². The molecule has 3 heterocycles. The molecule has 0 radical (unpaired) electrons. The minimum Gasteiger partial charge on any atom is -0.493 e. The highest BCUT2D eigenvalue weighted by Crippen LogP contribution is 2.23. The summed E-state index contributed by atoms with van der Waals surface area (Å²) in [5.74, 6) is 1.27. The lowest BCUT2D eigenvalue weighted by Crippen LogP contribution is -2.41. The van der Waals surface area contributed by atoms with Gasteiger partial charge in [0.25, 0.3) is 5.91 Å². The van der Waals surface area contributed by atoms with Gasteiger partial charge < -0.3 is 9.64 Å². The molecule has 1 amide bonds. The van der Waals surface area contributed by atoms with Gasteiger partial charge in [0.2, 0.25) is 0 Å². The summed E-state index contributed by atoms with van der Waals surface area (Å²) in [5.41, 5.74) is 1.47. The van der Waals surface area contributed by atoms with E-state index in [-0.39, 0.29) is 5.91 Å². The molecule has 1 atom stereocenters. The van der Waals surface area contributed by atoms with Crippen molar-refractivity contribution in [1.82, 2.24) is 14.9 Å². The number of benzene rings is 1. The summed E-state index contributed by atoms with van der Waals surface area (Å²) in [7, 11) is 0. The molecule has 1 aliphatic rings. The Bertz CT molecular complexity index is 893. The number of carbonyl (C=O) groups excluding carboxylic acids is 1. The third-order valence-electron chi connectivity index (χ3n) is 4.81. The Labute approximate surface area is 152 Å². The van der Waals surface area contributed by atoms with Gasteiger partial charge in [-0.2, -0.15) is 0 Å². The second-order valence-corrected chi connectivity index (χ2v) is 6.63. The number of aromatic nitrogens is 2. The number of amides is 1. The monoisotopic (exact) mass is 347 g/mol. The van der Waals surface area contributed by atoms with E-state index in [0.29, 0.717) is 18.1 Å². The predicted octanol–water partition coefficient (Wildman–Crippen LogP) is 3.56. The maximum Gasteiger partial charge on any atom is 0.254 e. The molecule has 1 fully saturated rings. The van der Waals surface area contributed by atoms with Crippen molar-refractivity contribution in [1.29, 1.82) is 0 Å². The molecule has 0 bridgehead atoms. The number of carbonyl (C=O) groups is 1. The second-order valence-electron chi connectivity index (χ2n) is 6.63. The van der Waals surface area contributed by atoms with E-state index in [1.807, 2.05) is 41.3 Å². The molecule has 0 spiro atoms. The largest absolute Gasteiger partial charge is 0.493 e. The van der Waals surface area contributed by atoms with Crippen LogP contribution in [0.3, 0.4) is 0 Å². The fourth-order valence-electron chi connectivity index (χ4n) is 3.46. The fourth-order valence-corrected chi connectivity index (χ4v) is 3.46. The maximum absolute atomic E-state index is 13.1. The highest BCUT2D eigenvalue weighted by atomic mass is 16.5. The number of likely N-dealkylation sites (tertiary alicyclic amines) is 1. The lowest BCUT2D eigenvalue weighted by molar-refractivity contribution is 0.0635. The number of para-hydroxylation sites is 1. The SMILES string of the molecule is O=C(c1ccnc2ccncc12)N1CCCC(COc2ccccc2)C1. The number of piperidine rings is 1. The number of nitrogens with zero attached hydrogens (tertiary/aromatic N) is 3. The third kappa shape index (κ3) is 3.52. The van der Waals surface area contributed by atoms with Gasteiger partial charge in [-0.05, 0) is 37.1 Å². The molecule has 132 valence electrons. The molecule has 26 heavy (non-hydrogen) atoms. The van der Waals surface area contributed by atoms with Crippen molar-refractivity contribution in [3.05, 3.63) is 66.6 Å². The Hall–Kier alpha value is -2.95. The van der Waals surface area contributed by atoms with E-state index in [1.54, 1.807) is 24.7 Å². The first-order valence-electron chi connectivity index (χ1n) is 8.97. The van der Waals surface area contributed by atoms with Crippen LogP contribution in [-0.2, 0) is 0 Å². The zero-order chi connectivity index (χ0) is 17.8. The van der Waals surface area contributed by atoms with Gasteiger partial charge in [0, 0.05) is 43.0 Å². The standard InChI is InChI=1S/C21H21N3O2/c25-21(18-8-11-23-20-9-10-22-13-19(18)20)24-12-4-5-16(14-24)15-26-17-6-2-1-3-7-17/h1-3,6-11,13,16H,4-5,12,14-15H2. The van der Waals surface area contributed by atoms with E-state index < -0.39 is 0 Å². The van der Waals surface area contributed by atoms with Crippen LogP contribution in [0.25, 0.3) is 10.9 Å². The van der Waals surface area contributed by atoms with E-state index in [2.05, 4.69) is 9.97 Å². The van der Waals surface area contributed by atoms with E-state index in [1.165, 1.54) is 0 Å². The molecule has 1 aliphatic heterocycles. The highest BCUT2D eigenvalue weighted by molar-refractivity contribution is 6.05. The van der Waals surface area contributed by atoms with Crippen molar-refractivity contribution in [2.75, 3.05) is 19.7 Å². The molecule has 0 N–H and O–H groups in total. The molecule has 0 aliphatic carbocycles. The number of hydrogen-bond donors (Lipinski definition) is 0. The fraction of sp³-hybridized carbons (Fsp3) is 0.286. The third-order valence-corrected chi connectivity index (χ3v) is 4.81. The van der Waals surface area contributed by atoms with Crippen molar-refractivity contribution in [2.45, 2.75) is 12.8 Å². The van der Waals surface area contributed by atoms with E-state index in [4.69, 9.17) is 4.74 Å². The van der Waals surface area contributed by atoms with Gasteiger partial charge in [-0.1, -0.05) is 18.2 Å². The first-order valence-corrected chi connectivity index (χ1v) is 8.97. The number of pyridine rings is 2. The summed E-state index contributed by atoms with van der Waals surface area (Å²) in [5, 5.41) is 0.808. The van der Waals surface area contributed by atoms with Gasteiger partial charge in [0.1, 0.15) is 5.75 Å². The van der Waals surface area contributed by atoms with E-state index >= 15 is 0 Å². The number of rotatable bonds is 4. The molecule has 1 unspecified atom stereocenters. The Balaban J connectivity index is 1.46.